The predicted molar refractivity (Wildman–Crippen MR) is 122 cm³/mol. The number of anilines is 2. The minimum atomic E-state index is -3.97. The van der Waals surface area contributed by atoms with E-state index in [1.165, 1.54) is 24.3 Å². The second-order valence-corrected chi connectivity index (χ2v) is 9.11. The van der Waals surface area contributed by atoms with Gasteiger partial charge in [0, 0.05) is 10.7 Å². The Balaban J connectivity index is 1.95. The molecule has 0 atom stereocenters. The molecule has 3 aromatic rings. The highest BCUT2D eigenvalue weighted by Gasteiger charge is 2.27. The van der Waals surface area contributed by atoms with Crippen molar-refractivity contribution in [2.45, 2.75) is 25.2 Å². The van der Waals surface area contributed by atoms with Crippen molar-refractivity contribution in [1.82, 2.24) is 0 Å². The molecular weight excluding hydrogens is 420 g/mol. The summed E-state index contributed by atoms with van der Waals surface area (Å²) >= 11 is 5.90. The van der Waals surface area contributed by atoms with Crippen LogP contribution in [0.3, 0.4) is 0 Å². The van der Waals surface area contributed by atoms with Gasteiger partial charge < -0.3 is 5.32 Å². The third-order valence-electron chi connectivity index (χ3n) is 4.74. The number of sulfonamides is 1. The van der Waals surface area contributed by atoms with Crippen LogP contribution in [-0.2, 0) is 21.2 Å². The van der Waals surface area contributed by atoms with E-state index in [0.29, 0.717) is 10.7 Å². The maximum atomic E-state index is 13.3. The minimum Gasteiger partial charge on any atom is -0.324 e. The molecule has 0 saturated heterocycles. The zero-order chi connectivity index (χ0) is 21.7. The molecule has 1 N–H and O–H groups in total. The van der Waals surface area contributed by atoms with Gasteiger partial charge in [0.25, 0.3) is 10.0 Å². The van der Waals surface area contributed by atoms with Gasteiger partial charge in [0.05, 0.1) is 10.6 Å². The number of aryl methyl sites for hydroxylation is 2. The summed E-state index contributed by atoms with van der Waals surface area (Å²) in [6.45, 7) is 3.56. The lowest BCUT2D eigenvalue weighted by Gasteiger charge is -2.24. The average Bonchev–Trinajstić information content (AvgIpc) is 2.74. The average molecular weight is 443 g/mol. The second-order valence-electron chi connectivity index (χ2n) is 6.81. The van der Waals surface area contributed by atoms with Crippen LogP contribution in [-0.4, -0.2) is 20.9 Å². The Bertz CT molecular complexity index is 1130. The molecule has 3 aromatic carbocycles. The Kier molecular flexibility index (Phi) is 6.80. The summed E-state index contributed by atoms with van der Waals surface area (Å²) < 4.78 is 27.8. The number of hydrogen-bond acceptors (Lipinski definition) is 3. The summed E-state index contributed by atoms with van der Waals surface area (Å²) in [5, 5.41) is 3.33. The highest BCUT2D eigenvalue weighted by Crippen LogP contribution is 2.26. The van der Waals surface area contributed by atoms with E-state index in [0.717, 1.165) is 27.5 Å². The lowest BCUT2D eigenvalue weighted by atomic mass is 10.1. The number of benzene rings is 3. The monoisotopic (exact) mass is 442 g/mol. The molecule has 0 radical (unpaired) electrons. The van der Waals surface area contributed by atoms with E-state index in [9.17, 15) is 13.2 Å². The SMILES string of the molecule is CCc1cccc(C)c1NC(=O)CN(c1ccccc1)S(=O)(=O)c1ccc(Cl)cc1. The molecule has 0 saturated carbocycles. The lowest BCUT2D eigenvalue weighted by Crippen LogP contribution is -2.38. The summed E-state index contributed by atoms with van der Waals surface area (Å²) in [6, 6.07) is 20.3. The van der Waals surface area contributed by atoms with E-state index in [2.05, 4.69) is 5.32 Å². The van der Waals surface area contributed by atoms with Crippen molar-refractivity contribution in [2.75, 3.05) is 16.2 Å². The molecule has 0 aromatic heterocycles. The fourth-order valence-electron chi connectivity index (χ4n) is 3.15. The number of nitrogens with zero attached hydrogens (tertiary/aromatic N) is 1. The molecule has 7 heteroatoms. The molecule has 30 heavy (non-hydrogen) atoms. The molecular formula is C23H23ClN2O3S. The Morgan fingerprint density at radius 2 is 1.63 bits per heavy atom. The summed E-state index contributed by atoms with van der Waals surface area (Å²) in [5.41, 5.74) is 3.05. The smallest absolute Gasteiger partial charge is 0.264 e. The van der Waals surface area contributed by atoms with E-state index in [1.807, 2.05) is 32.0 Å². The van der Waals surface area contributed by atoms with Crippen molar-refractivity contribution in [2.24, 2.45) is 0 Å². The van der Waals surface area contributed by atoms with Crippen LogP contribution in [0.25, 0.3) is 0 Å². The Labute approximate surface area is 182 Å². The van der Waals surface area contributed by atoms with Crippen LogP contribution in [0, 0.1) is 6.92 Å². The van der Waals surface area contributed by atoms with Crippen LogP contribution >= 0.6 is 11.6 Å². The largest absolute Gasteiger partial charge is 0.324 e. The molecule has 0 aliphatic carbocycles. The first-order valence-corrected chi connectivity index (χ1v) is 11.4. The van der Waals surface area contributed by atoms with Crippen LogP contribution in [0.2, 0.25) is 5.02 Å². The number of hydrogen-bond donors (Lipinski definition) is 1. The quantitative estimate of drug-likeness (QED) is 0.557. The summed E-state index contributed by atoms with van der Waals surface area (Å²) in [6.07, 6.45) is 0.753. The van der Waals surface area contributed by atoms with Crippen molar-refractivity contribution in [3.63, 3.8) is 0 Å². The first kappa shape index (κ1) is 21.9. The number of carbonyl (C=O) groups excluding carboxylic acids is 1. The van der Waals surface area contributed by atoms with Gasteiger partial charge in [0.15, 0.2) is 0 Å². The van der Waals surface area contributed by atoms with Gasteiger partial charge in [0.2, 0.25) is 5.91 Å². The Morgan fingerprint density at radius 1 is 0.967 bits per heavy atom. The molecule has 0 unspecified atom stereocenters. The number of nitrogens with one attached hydrogen (secondary N) is 1. The normalized spacial score (nSPS) is 11.2. The molecule has 3 rings (SSSR count). The van der Waals surface area contributed by atoms with Gasteiger partial charge in [0.1, 0.15) is 6.54 Å². The predicted octanol–water partition coefficient (Wildman–Crippen LogP) is 5.04. The molecule has 5 nitrogen and oxygen atoms in total. The van der Waals surface area contributed by atoms with Gasteiger partial charge >= 0.3 is 0 Å². The molecule has 0 heterocycles. The maximum Gasteiger partial charge on any atom is 0.264 e. The number of halogens is 1. The molecule has 0 aliphatic heterocycles. The van der Waals surface area contributed by atoms with Gasteiger partial charge in [-0.15, -0.1) is 0 Å². The molecule has 0 fully saturated rings. The van der Waals surface area contributed by atoms with Crippen molar-refractivity contribution in [3.8, 4) is 0 Å². The van der Waals surface area contributed by atoms with Crippen LogP contribution in [0.5, 0.6) is 0 Å². The number of carbonyl (C=O) groups is 1. The van der Waals surface area contributed by atoms with Crippen LogP contribution in [0.1, 0.15) is 18.1 Å². The van der Waals surface area contributed by atoms with Crippen molar-refractivity contribution in [3.05, 3.63) is 88.9 Å². The molecule has 156 valence electrons. The Morgan fingerprint density at radius 3 is 2.27 bits per heavy atom. The van der Waals surface area contributed by atoms with E-state index < -0.39 is 15.9 Å². The van der Waals surface area contributed by atoms with Crippen molar-refractivity contribution >= 4 is 38.9 Å². The zero-order valence-electron chi connectivity index (χ0n) is 16.8. The molecule has 0 bridgehead atoms. The zero-order valence-corrected chi connectivity index (χ0v) is 18.4. The van der Waals surface area contributed by atoms with Gasteiger partial charge in [-0.3, -0.25) is 9.10 Å². The lowest BCUT2D eigenvalue weighted by molar-refractivity contribution is -0.114. The highest BCUT2D eigenvalue weighted by molar-refractivity contribution is 7.92. The van der Waals surface area contributed by atoms with Crippen molar-refractivity contribution in [1.29, 1.82) is 0 Å². The molecule has 0 aliphatic rings. The van der Waals surface area contributed by atoms with E-state index in [1.54, 1.807) is 30.3 Å². The van der Waals surface area contributed by atoms with E-state index in [4.69, 9.17) is 11.6 Å². The topological polar surface area (TPSA) is 66.5 Å². The highest BCUT2D eigenvalue weighted by atomic mass is 35.5. The van der Waals surface area contributed by atoms with Gasteiger partial charge in [-0.2, -0.15) is 0 Å². The first-order valence-electron chi connectivity index (χ1n) is 9.54. The number of rotatable bonds is 7. The minimum absolute atomic E-state index is 0.0636. The van der Waals surface area contributed by atoms with Gasteiger partial charge in [-0.05, 0) is 60.9 Å². The molecule has 0 spiro atoms. The second kappa shape index (κ2) is 9.32. The summed E-state index contributed by atoms with van der Waals surface area (Å²) in [4.78, 5) is 13.0. The first-order chi connectivity index (χ1) is 14.3. The molecule has 1 amide bonds. The summed E-state index contributed by atoms with van der Waals surface area (Å²) in [7, 11) is -3.97. The van der Waals surface area contributed by atoms with Crippen LogP contribution < -0.4 is 9.62 Å². The van der Waals surface area contributed by atoms with E-state index >= 15 is 0 Å². The Hall–Kier alpha value is -2.83. The van der Waals surface area contributed by atoms with Gasteiger partial charge in [-0.25, -0.2) is 8.42 Å². The van der Waals surface area contributed by atoms with Crippen LogP contribution in [0.15, 0.2) is 77.7 Å². The maximum absolute atomic E-state index is 13.3. The third kappa shape index (κ3) is 4.83. The standard InChI is InChI=1S/C23H23ClN2O3S/c1-3-18-9-7-8-17(2)23(18)25-22(27)16-26(20-10-5-4-6-11-20)30(28,29)21-14-12-19(24)13-15-21/h4-15H,3,16H2,1-2H3,(H,25,27). The fraction of sp³-hybridized carbons (Fsp3) is 0.174. The van der Waals surface area contributed by atoms with Crippen molar-refractivity contribution < 1.29 is 13.2 Å². The van der Waals surface area contributed by atoms with Gasteiger partial charge in [-0.1, -0.05) is 54.9 Å². The fourth-order valence-corrected chi connectivity index (χ4v) is 4.70. The summed E-state index contributed by atoms with van der Waals surface area (Å²) in [5.74, 6) is -0.416. The third-order valence-corrected chi connectivity index (χ3v) is 6.78. The van der Waals surface area contributed by atoms with Crippen LogP contribution in [0.4, 0.5) is 11.4 Å². The number of para-hydroxylation sites is 2. The number of amides is 1. The van der Waals surface area contributed by atoms with E-state index in [-0.39, 0.29) is 11.4 Å².